The third-order valence-corrected chi connectivity index (χ3v) is 4.40. The van der Waals surface area contributed by atoms with Crippen LogP contribution in [0.2, 0.25) is 0 Å². The van der Waals surface area contributed by atoms with Crippen LogP contribution < -0.4 is 5.32 Å². The fourth-order valence-electron chi connectivity index (χ4n) is 2.86. The highest BCUT2D eigenvalue weighted by atomic mass is 16.1. The van der Waals surface area contributed by atoms with E-state index in [1.54, 1.807) is 6.07 Å². The second-order valence-electron chi connectivity index (χ2n) is 5.58. The summed E-state index contributed by atoms with van der Waals surface area (Å²) in [6, 6.07) is 5.55. The standard InChI is InChI=1S/C14H15N3O/c18-13(16-8-9-7-14(9)4-5-14)12-2-1-10-11(17-12)3-6-15-10/h1-3,6,9,15H,4-5,7-8H2,(H,16,18). The van der Waals surface area contributed by atoms with E-state index in [1.807, 2.05) is 18.3 Å². The van der Waals surface area contributed by atoms with E-state index >= 15 is 0 Å². The van der Waals surface area contributed by atoms with E-state index in [1.165, 1.54) is 19.3 Å². The number of hydrogen-bond donors (Lipinski definition) is 2. The predicted octanol–water partition coefficient (Wildman–Crippen LogP) is 2.09. The van der Waals surface area contributed by atoms with E-state index in [-0.39, 0.29) is 5.91 Å². The molecule has 1 amide bonds. The molecule has 1 spiro atoms. The Morgan fingerprint density at radius 2 is 2.33 bits per heavy atom. The molecule has 2 aromatic heterocycles. The summed E-state index contributed by atoms with van der Waals surface area (Å²) in [4.78, 5) is 19.4. The van der Waals surface area contributed by atoms with Crippen molar-refractivity contribution in [3.05, 3.63) is 30.1 Å². The Morgan fingerprint density at radius 3 is 3.11 bits per heavy atom. The first-order valence-electron chi connectivity index (χ1n) is 6.49. The van der Waals surface area contributed by atoms with Gasteiger partial charge in [-0.2, -0.15) is 0 Å². The Labute approximate surface area is 105 Å². The zero-order valence-corrected chi connectivity index (χ0v) is 10.1. The van der Waals surface area contributed by atoms with Gasteiger partial charge in [-0.15, -0.1) is 0 Å². The summed E-state index contributed by atoms with van der Waals surface area (Å²) in [5.74, 6) is 0.665. The monoisotopic (exact) mass is 241 g/mol. The number of nitrogens with zero attached hydrogens (tertiary/aromatic N) is 1. The van der Waals surface area contributed by atoms with E-state index in [4.69, 9.17) is 0 Å². The summed E-state index contributed by atoms with van der Waals surface area (Å²) in [7, 11) is 0. The van der Waals surface area contributed by atoms with Crippen LogP contribution in [0.15, 0.2) is 24.4 Å². The number of nitrogens with one attached hydrogen (secondary N) is 2. The maximum atomic E-state index is 12.0. The molecule has 0 radical (unpaired) electrons. The summed E-state index contributed by atoms with van der Waals surface area (Å²) in [6.45, 7) is 0.811. The molecule has 92 valence electrons. The molecular weight excluding hydrogens is 226 g/mol. The van der Waals surface area contributed by atoms with Gasteiger partial charge in [-0.1, -0.05) is 0 Å². The van der Waals surface area contributed by atoms with Gasteiger partial charge in [0, 0.05) is 12.7 Å². The van der Waals surface area contributed by atoms with Crippen molar-refractivity contribution in [2.75, 3.05) is 6.54 Å². The number of H-pyrrole nitrogens is 1. The molecule has 4 rings (SSSR count). The number of carbonyl (C=O) groups excluding carboxylic acids is 1. The molecule has 2 aliphatic carbocycles. The van der Waals surface area contributed by atoms with Gasteiger partial charge < -0.3 is 10.3 Å². The van der Waals surface area contributed by atoms with Crippen LogP contribution >= 0.6 is 0 Å². The van der Waals surface area contributed by atoms with Crippen molar-refractivity contribution in [2.45, 2.75) is 19.3 Å². The first-order valence-corrected chi connectivity index (χ1v) is 6.49. The van der Waals surface area contributed by atoms with Gasteiger partial charge in [0.1, 0.15) is 5.69 Å². The molecule has 0 saturated heterocycles. The van der Waals surface area contributed by atoms with Crippen LogP contribution in [0.4, 0.5) is 0 Å². The predicted molar refractivity (Wildman–Crippen MR) is 68.2 cm³/mol. The number of amides is 1. The van der Waals surface area contributed by atoms with Crippen molar-refractivity contribution < 1.29 is 4.79 Å². The lowest BCUT2D eigenvalue weighted by molar-refractivity contribution is 0.0946. The number of pyridine rings is 1. The van der Waals surface area contributed by atoms with E-state index in [0.29, 0.717) is 11.1 Å². The fourth-order valence-corrected chi connectivity index (χ4v) is 2.86. The minimum atomic E-state index is -0.0548. The highest BCUT2D eigenvalue weighted by molar-refractivity contribution is 5.94. The van der Waals surface area contributed by atoms with Gasteiger partial charge in [-0.3, -0.25) is 4.79 Å². The average molecular weight is 241 g/mol. The molecule has 2 fully saturated rings. The number of rotatable bonds is 3. The molecule has 18 heavy (non-hydrogen) atoms. The number of aromatic nitrogens is 2. The van der Waals surface area contributed by atoms with E-state index in [2.05, 4.69) is 15.3 Å². The van der Waals surface area contributed by atoms with Crippen molar-refractivity contribution in [1.82, 2.24) is 15.3 Å². The molecular formula is C14H15N3O. The van der Waals surface area contributed by atoms with Gasteiger partial charge in [-0.05, 0) is 48.8 Å². The topological polar surface area (TPSA) is 57.8 Å². The van der Waals surface area contributed by atoms with Crippen LogP contribution in [0.3, 0.4) is 0 Å². The minimum Gasteiger partial charge on any atom is -0.360 e. The SMILES string of the molecule is O=C(NCC1CC12CC2)c1ccc2[nH]ccc2n1. The van der Waals surface area contributed by atoms with Crippen molar-refractivity contribution in [1.29, 1.82) is 0 Å². The third-order valence-electron chi connectivity index (χ3n) is 4.40. The molecule has 2 aliphatic rings. The lowest BCUT2D eigenvalue weighted by Crippen LogP contribution is -2.26. The van der Waals surface area contributed by atoms with Gasteiger partial charge in [0.2, 0.25) is 0 Å². The van der Waals surface area contributed by atoms with Crippen LogP contribution in [0.5, 0.6) is 0 Å². The number of hydrogen-bond acceptors (Lipinski definition) is 2. The molecule has 0 aromatic carbocycles. The van der Waals surface area contributed by atoms with Crippen LogP contribution in [-0.2, 0) is 0 Å². The molecule has 0 bridgehead atoms. The van der Waals surface area contributed by atoms with E-state index in [9.17, 15) is 4.79 Å². The van der Waals surface area contributed by atoms with Crippen molar-refractivity contribution in [3.63, 3.8) is 0 Å². The lowest BCUT2D eigenvalue weighted by atomic mass is 10.2. The zero-order valence-electron chi connectivity index (χ0n) is 10.1. The molecule has 0 aliphatic heterocycles. The summed E-state index contributed by atoms with van der Waals surface area (Å²) in [5, 5.41) is 3.00. The summed E-state index contributed by atoms with van der Waals surface area (Å²) in [6.07, 6.45) is 5.86. The second kappa shape index (κ2) is 3.34. The lowest BCUT2D eigenvalue weighted by Gasteiger charge is -2.04. The number of carbonyl (C=O) groups is 1. The largest absolute Gasteiger partial charge is 0.360 e. The summed E-state index contributed by atoms with van der Waals surface area (Å²) in [5.41, 5.74) is 2.96. The normalized spacial score (nSPS) is 23.2. The van der Waals surface area contributed by atoms with Gasteiger partial charge in [0.25, 0.3) is 5.91 Å². The van der Waals surface area contributed by atoms with Crippen LogP contribution in [0.1, 0.15) is 29.8 Å². The van der Waals surface area contributed by atoms with Crippen molar-refractivity contribution in [2.24, 2.45) is 11.3 Å². The first kappa shape index (κ1) is 10.1. The Kier molecular flexibility index (Phi) is 1.88. The molecule has 4 nitrogen and oxygen atoms in total. The molecule has 4 heteroatoms. The maximum Gasteiger partial charge on any atom is 0.269 e. The second-order valence-corrected chi connectivity index (χ2v) is 5.58. The number of fused-ring (bicyclic) bond motifs is 1. The van der Waals surface area contributed by atoms with Gasteiger partial charge in [-0.25, -0.2) is 4.98 Å². The number of aromatic amines is 1. The third kappa shape index (κ3) is 1.52. The first-order chi connectivity index (χ1) is 8.77. The van der Waals surface area contributed by atoms with Crippen LogP contribution in [-0.4, -0.2) is 22.4 Å². The van der Waals surface area contributed by atoms with Crippen molar-refractivity contribution >= 4 is 16.9 Å². The van der Waals surface area contributed by atoms with Gasteiger partial charge >= 0.3 is 0 Å². The smallest absolute Gasteiger partial charge is 0.269 e. The Hall–Kier alpha value is -1.84. The van der Waals surface area contributed by atoms with E-state index < -0.39 is 0 Å². The Bertz CT molecular complexity index is 627. The maximum absolute atomic E-state index is 12.0. The molecule has 1 atom stereocenters. The van der Waals surface area contributed by atoms with Crippen LogP contribution in [0, 0.1) is 11.3 Å². The molecule has 1 unspecified atom stereocenters. The van der Waals surface area contributed by atoms with Gasteiger partial charge in [0.05, 0.1) is 11.0 Å². The Morgan fingerprint density at radius 1 is 1.44 bits per heavy atom. The highest BCUT2D eigenvalue weighted by Crippen LogP contribution is 2.70. The van der Waals surface area contributed by atoms with E-state index in [0.717, 1.165) is 23.5 Å². The minimum absolute atomic E-state index is 0.0548. The fraction of sp³-hybridized carbons (Fsp3) is 0.429. The van der Waals surface area contributed by atoms with Crippen LogP contribution in [0.25, 0.3) is 11.0 Å². The molecule has 2 aromatic rings. The average Bonchev–Trinajstić information content (AvgIpc) is 3.26. The molecule has 2 saturated carbocycles. The molecule has 2 N–H and O–H groups in total. The van der Waals surface area contributed by atoms with Crippen molar-refractivity contribution in [3.8, 4) is 0 Å². The van der Waals surface area contributed by atoms with Gasteiger partial charge in [0.15, 0.2) is 0 Å². The Balaban J connectivity index is 1.46. The highest BCUT2D eigenvalue weighted by Gasteiger charge is 2.62. The zero-order chi connectivity index (χ0) is 12.2. The summed E-state index contributed by atoms with van der Waals surface area (Å²) < 4.78 is 0. The summed E-state index contributed by atoms with van der Waals surface area (Å²) >= 11 is 0. The quantitative estimate of drug-likeness (QED) is 0.864. The molecule has 2 heterocycles.